The Labute approximate surface area is 98.4 Å². The highest BCUT2D eigenvalue weighted by atomic mass is 32.2. The Hall–Kier alpha value is -1.42. The maximum Gasteiger partial charge on any atom is 0.231 e. The van der Waals surface area contributed by atoms with Gasteiger partial charge in [0, 0.05) is 12.7 Å². The average molecular weight is 236 g/mol. The van der Waals surface area contributed by atoms with Gasteiger partial charge in [-0.3, -0.25) is 4.79 Å². The third-order valence-electron chi connectivity index (χ3n) is 2.09. The van der Waals surface area contributed by atoms with Crippen LogP contribution < -0.4 is 9.47 Å². The molecule has 1 aliphatic heterocycles. The van der Waals surface area contributed by atoms with Crippen LogP contribution in [0.3, 0.4) is 0 Å². The van der Waals surface area contributed by atoms with E-state index in [4.69, 9.17) is 9.47 Å². The van der Waals surface area contributed by atoms with Gasteiger partial charge in [-0.05, 0) is 17.7 Å². The molecule has 0 spiro atoms. The van der Waals surface area contributed by atoms with Crippen molar-refractivity contribution in [3.8, 4) is 11.5 Å². The molecule has 0 bridgehead atoms. The molecule has 1 aliphatic rings. The number of carbonyl (C=O) groups excluding carboxylic acids is 1. The number of fused-ring (bicyclic) bond motifs is 1. The topological polar surface area (TPSA) is 35.5 Å². The normalized spacial score (nSPS) is 13.3. The van der Waals surface area contributed by atoms with Crippen LogP contribution in [0.5, 0.6) is 11.5 Å². The fourth-order valence-electron chi connectivity index (χ4n) is 1.37. The van der Waals surface area contributed by atoms with Crippen LogP contribution in [0.4, 0.5) is 0 Å². The van der Waals surface area contributed by atoms with Gasteiger partial charge in [0.15, 0.2) is 16.6 Å². The zero-order valence-corrected chi connectivity index (χ0v) is 9.75. The summed E-state index contributed by atoms with van der Waals surface area (Å²) in [6.45, 7) is 1.86. The Morgan fingerprint density at radius 2 is 2.25 bits per heavy atom. The molecular formula is C12H12O3S. The summed E-state index contributed by atoms with van der Waals surface area (Å²) >= 11 is 1.29. The molecule has 2 rings (SSSR count). The molecule has 4 heteroatoms. The molecule has 0 saturated carbocycles. The number of benzene rings is 1. The van der Waals surface area contributed by atoms with Crippen molar-refractivity contribution in [2.75, 3.05) is 12.5 Å². The first kappa shape index (κ1) is 11.1. The van der Waals surface area contributed by atoms with E-state index < -0.39 is 0 Å². The molecule has 16 heavy (non-hydrogen) atoms. The van der Waals surface area contributed by atoms with Crippen LogP contribution in [0.1, 0.15) is 12.5 Å². The highest BCUT2D eigenvalue weighted by Gasteiger charge is 2.11. The second-order valence-corrected chi connectivity index (χ2v) is 4.51. The molecule has 0 unspecified atom stereocenters. The van der Waals surface area contributed by atoms with Gasteiger partial charge in [0.25, 0.3) is 0 Å². The number of hydrogen-bond donors (Lipinski definition) is 0. The quantitative estimate of drug-likeness (QED) is 0.808. The van der Waals surface area contributed by atoms with Crippen molar-refractivity contribution < 1.29 is 14.3 Å². The number of hydrogen-bond acceptors (Lipinski definition) is 4. The van der Waals surface area contributed by atoms with Crippen molar-refractivity contribution in [3.05, 3.63) is 29.8 Å². The fraction of sp³-hybridized carbons (Fsp3) is 0.250. The van der Waals surface area contributed by atoms with E-state index >= 15 is 0 Å². The SMILES string of the molecule is CC(=O)SCC=Cc1ccc2c(c1)OCO2. The summed E-state index contributed by atoms with van der Waals surface area (Å²) in [4.78, 5) is 10.7. The molecule has 0 saturated heterocycles. The van der Waals surface area contributed by atoms with Crippen LogP contribution in [0.15, 0.2) is 24.3 Å². The Bertz CT molecular complexity index is 426. The van der Waals surface area contributed by atoms with Crippen molar-refractivity contribution in [2.24, 2.45) is 0 Å². The van der Waals surface area contributed by atoms with Gasteiger partial charge in [-0.15, -0.1) is 0 Å². The zero-order chi connectivity index (χ0) is 11.4. The lowest BCUT2D eigenvalue weighted by atomic mass is 10.2. The minimum Gasteiger partial charge on any atom is -0.454 e. The van der Waals surface area contributed by atoms with Gasteiger partial charge in [0.2, 0.25) is 6.79 Å². The highest BCUT2D eigenvalue weighted by Crippen LogP contribution is 2.32. The number of carbonyl (C=O) groups is 1. The first-order valence-corrected chi connectivity index (χ1v) is 5.94. The Balaban J connectivity index is 1.97. The van der Waals surface area contributed by atoms with E-state index in [1.165, 1.54) is 11.8 Å². The summed E-state index contributed by atoms with van der Waals surface area (Å²) in [7, 11) is 0. The number of thioether (sulfide) groups is 1. The van der Waals surface area contributed by atoms with Gasteiger partial charge >= 0.3 is 0 Å². The first-order valence-electron chi connectivity index (χ1n) is 4.95. The minimum atomic E-state index is 0.135. The molecule has 84 valence electrons. The van der Waals surface area contributed by atoms with E-state index in [9.17, 15) is 4.79 Å². The summed E-state index contributed by atoms with van der Waals surface area (Å²) < 4.78 is 10.5. The summed E-state index contributed by atoms with van der Waals surface area (Å²) in [6.07, 6.45) is 3.93. The largest absolute Gasteiger partial charge is 0.454 e. The lowest BCUT2D eigenvalue weighted by molar-refractivity contribution is -0.109. The minimum absolute atomic E-state index is 0.135. The van der Waals surface area contributed by atoms with E-state index in [0.717, 1.165) is 17.1 Å². The van der Waals surface area contributed by atoms with E-state index in [0.29, 0.717) is 12.5 Å². The second-order valence-electron chi connectivity index (χ2n) is 3.32. The Morgan fingerprint density at radius 1 is 1.44 bits per heavy atom. The Kier molecular flexibility index (Phi) is 3.51. The summed E-state index contributed by atoms with van der Waals surface area (Å²) in [5.41, 5.74) is 1.05. The van der Waals surface area contributed by atoms with Crippen LogP contribution in [0, 0.1) is 0 Å². The third kappa shape index (κ3) is 2.79. The average Bonchev–Trinajstić information content (AvgIpc) is 2.71. The molecule has 1 heterocycles. The first-order chi connectivity index (χ1) is 7.75. The van der Waals surface area contributed by atoms with Gasteiger partial charge in [-0.25, -0.2) is 0 Å². The van der Waals surface area contributed by atoms with Crippen molar-refractivity contribution >= 4 is 23.0 Å². The molecule has 0 atom stereocenters. The monoisotopic (exact) mass is 236 g/mol. The van der Waals surface area contributed by atoms with Gasteiger partial charge < -0.3 is 9.47 Å². The molecule has 0 radical (unpaired) electrons. The van der Waals surface area contributed by atoms with E-state index in [1.54, 1.807) is 6.92 Å². The molecule has 1 aromatic carbocycles. The Morgan fingerprint density at radius 3 is 3.06 bits per heavy atom. The lowest BCUT2D eigenvalue weighted by Gasteiger charge is -1.97. The molecule has 3 nitrogen and oxygen atoms in total. The standard InChI is InChI=1S/C12H12O3S/c1-9(13)16-6-2-3-10-4-5-11-12(7-10)15-8-14-11/h2-5,7H,6,8H2,1H3. The van der Waals surface area contributed by atoms with Gasteiger partial charge in [-0.1, -0.05) is 30.0 Å². The van der Waals surface area contributed by atoms with E-state index in [1.807, 2.05) is 30.4 Å². The van der Waals surface area contributed by atoms with E-state index in [2.05, 4.69) is 0 Å². The third-order valence-corrected chi connectivity index (χ3v) is 2.86. The number of rotatable bonds is 3. The molecule has 1 aromatic rings. The summed E-state index contributed by atoms with van der Waals surface area (Å²) in [5, 5.41) is 0.135. The molecule has 0 amide bonds. The van der Waals surface area contributed by atoms with Crippen LogP contribution in [0.2, 0.25) is 0 Å². The molecule has 0 N–H and O–H groups in total. The predicted octanol–water partition coefficient (Wildman–Crippen LogP) is 2.71. The fourth-order valence-corrected chi connectivity index (χ4v) is 1.79. The maximum atomic E-state index is 10.7. The van der Waals surface area contributed by atoms with Crippen molar-refractivity contribution in [1.29, 1.82) is 0 Å². The zero-order valence-electron chi connectivity index (χ0n) is 8.93. The number of ether oxygens (including phenoxy) is 2. The van der Waals surface area contributed by atoms with Gasteiger partial charge in [-0.2, -0.15) is 0 Å². The molecule has 0 aromatic heterocycles. The molecular weight excluding hydrogens is 224 g/mol. The second kappa shape index (κ2) is 5.07. The van der Waals surface area contributed by atoms with Crippen LogP contribution in [-0.4, -0.2) is 17.7 Å². The van der Waals surface area contributed by atoms with Gasteiger partial charge in [0.05, 0.1) is 0 Å². The maximum absolute atomic E-state index is 10.7. The van der Waals surface area contributed by atoms with Crippen molar-refractivity contribution in [3.63, 3.8) is 0 Å². The van der Waals surface area contributed by atoms with Crippen LogP contribution in [0.25, 0.3) is 6.08 Å². The van der Waals surface area contributed by atoms with E-state index in [-0.39, 0.29) is 5.12 Å². The highest BCUT2D eigenvalue weighted by molar-refractivity contribution is 8.13. The predicted molar refractivity (Wildman–Crippen MR) is 64.7 cm³/mol. The van der Waals surface area contributed by atoms with Crippen LogP contribution >= 0.6 is 11.8 Å². The summed E-state index contributed by atoms with van der Waals surface area (Å²) in [6, 6.07) is 5.78. The molecule has 0 fully saturated rings. The van der Waals surface area contributed by atoms with Crippen molar-refractivity contribution in [1.82, 2.24) is 0 Å². The van der Waals surface area contributed by atoms with Crippen molar-refractivity contribution in [2.45, 2.75) is 6.92 Å². The van der Waals surface area contributed by atoms with Crippen LogP contribution in [-0.2, 0) is 4.79 Å². The van der Waals surface area contributed by atoms with Gasteiger partial charge in [0.1, 0.15) is 0 Å². The lowest BCUT2D eigenvalue weighted by Crippen LogP contribution is -1.92. The molecule has 0 aliphatic carbocycles. The smallest absolute Gasteiger partial charge is 0.231 e. The summed E-state index contributed by atoms with van der Waals surface area (Å²) in [5.74, 6) is 2.26.